The number of nitriles is 1. The largest absolute Gasteiger partial charge is 0.465 e. The van der Waals surface area contributed by atoms with Gasteiger partial charge >= 0.3 is 0 Å². The van der Waals surface area contributed by atoms with E-state index in [1.54, 1.807) is 31.2 Å². The van der Waals surface area contributed by atoms with Crippen LogP contribution in [-0.4, -0.2) is 16.7 Å². The average Bonchev–Trinajstić information content (AvgIpc) is 3.16. The highest BCUT2D eigenvalue weighted by Gasteiger charge is 2.41. The number of hydrogen-bond acceptors (Lipinski definition) is 6. The van der Waals surface area contributed by atoms with Crippen molar-refractivity contribution < 1.29 is 14.0 Å². The first kappa shape index (κ1) is 19.5. The molecule has 4 rings (SSSR count). The minimum absolute atomic E-state index is 0.0647. The summed E-state index contributed by atoms with van der Waals surface area (Å²) in [5, 5.41) is 11.3. The Labute approximate surface area is 174 Å². The maximum Gasteiger partial charge on any atom is 0.270 e. The van der Waals surface area contributed by atoms with Crippen molar-refractivity contribution in [1.82, 2.24) is 10.4 Å². The van der Waals surface area contributed by atoms with Gasteiger partial charge in [0.1, 0.15) is 17.3 Å². The van der Waals surface area contributed by atoms with Gasteiger partial charge in [0.25, 0.3) is 5.91 Å². The number of benzene rings is 1. The van der Waals surface area contributed by atoms with Crippen LogP contribution in [0.4, 0.5) is 0 Å². The van der Waals surface area contributed by atoms with Crippen molar-refractivity contribution in [2.24, 2.45) is 5.73 Å². The number of aryl methyl sites for hydroxylation is 2. The Morgan fingerprint density at radius 3 is 2.57 bits per heavy atom. The molecule has 0 radical (unpaired) electrons. The molecule has 2 aromatic rings. The summed E-state index contributed by atoms with van der Waals surface area (Å²) in [5.74, 6) is 0.183. The van der Waals surface area contributed by atoms with Crippen LogP contribution < -0.4 is 11.2 Å². The second-order valence-electron chi connectivity index (χ2n) is 7.57. The van der Waals surface area contributed by atoms with E-state index in [-0.39, 0.29) is 23.1 Å². The van der Waals surface area contributed by atoms with Gasteiger partial charge in [-0.2, -0.15) is 5.26 Å². The van der Waals surface area contributed by atoms with Crippen LogP contribution in [0.1, 0.15) is 52.6 Å². The maximum atomic E-state index is 12.9. The Hall–Kier alpha value is -3.79. The summed E-state index contributed by atoms with van der Waals surface area (Å²) in [4.78, 5) is 25.8. The van der Waals surface area contributed by atoms with E-state index < -0.39 is 5.92 Å². The quantitative estimate of drug-likeness (QED) is 0.814. The number of carbonyl (C=O) groups is 2. The SMILES string of the molecule is Cc1ccc(C(=O)NN2C(N)=C(C#N)C(c3ccc(C)o3)C3=C2CCCC3=O)cc1. The van der Waals surface area contributed by atoms with Gasteiger partial charge in [-0.05, 0) is 51.0 Å². The van der Waals surface area contributed by atoms with E-state index >= 15 is 0 Å². The number of rotatable bonds is 3. The Morgan fingerprint density at radius 2 is 1.93 bits per heavy atom. The molecule has 0 saturated heterocycles. The molecule has 1 unspecified atom stereocenters. The molecule has 7 heteroatoms. The van der Waals surface area contributed by atoms with E-state index in [4.69, 9.17) is 10.2 Å². The Bertz CT molecular complexity index is 1130. The molecule has 1 amide bonds. The second-order valence-corrected chi connectivity index (χ2v) is 7.57. The van der Waals surface area contributed by atoms with Crippen LogP contribution in [-0.2, 0) is 4.79 Å². The van der Waals surface area contributed by atoms with Crippen LogP contribution in [0.15, 0.2) is 63.5 Å². The number of hydrogen-bond donors (Lipinski definition) is 2. The second kappa shape index (κ2) is 7.56. The smallest absolute Gasteiger partial charge is 0.270 e. The molecule has 0 fully saturated rings. The van der Waals surface area contributed by atoms with Gasteiger partial charge in [-0.25, -0.2) is 5.01 Å². The van der Waals surface area contributed by atoms with Gasteiger partial charge < -0.3 is 10.2 Å². The van der Waals surface area contributed by atoms with Crippen molar-refractivity contribution in [2.75, 3.05) is 0 Å². The number of hydrazine groups is 1. The van der Waals surface area contributed by atoms with Crippen LogP contribution in [0.3, 0.4) is 0 Å². The van der Waals surface area contributed by atoms with Gasteiger partial charge in [0.2, 0.25) is 0 Å². The monoisotopic (exact) mass is 402 g/mol. The fourth-order valence-electron chi connectivity index (χ4n) is 3.98. The highest BCUT2D eigenvalue weighted by Crippen LogP contribution is 2.44. The number of amides is 1. The highest BCUT2D eigenvalue weighted by molar-refractivity contribution is 6.00. The van der Waals surface area contributed by atoms with E-state index in [0.717, 1.165) is 5.56 Å². The number of allylic oxidation sites excluding steroid dienone is 3. The number of nitrogens with zero attached hydrogens (tertiary/aromatic N) is 2. The highest BCUT2D eigenvalue weighted by atomic mass is 16.3. The van der Waals surface area contributed by atoms with Gasteiger partial charge in [-0.3, -0.25) is 15.0 Å². The summed E-state index contributed by atoms with van der Waals surface area (Å²) >= 11 is 0. The third-order valence-corrected chi connectivity index (χ3v) is 5.49. The number of furan rings is 1. The zero-order valence-electron chi connectivity index (χ0n) is 16.9. The molecule has 152 valence electrons. The van der Waals surface area contributed by atoms with E-state index in [1.165, 1.54) is 5.01 Å². The van der Waals surface area contributed by atoms with Gasteiger partial charge in [0.05, 0.1) is 23.3 Å². The molecule has 1 aromatic carbocycles. The molecule has 7 nitrogen and oxygen atoms in total. The normalized spacial score (nSPS) is 18.9. The van der Waals surface area contributed by atoms with Crippen molar-refractivity contribution in [1.29, 1.82) is 5.26 Å². The summed E-state index contributed by atoms with van der Waals surface area (Å²) in [5.41, 5.74) is 11.9. The third-order valence-electron chi connectivity index (χ3n) is 5.49. The Morgan fingerprint density at radius 1 is 1.20 bits per heavy atom. The van der Waals surface area contributed by atoms with E-state index in [0.29, 0.717) is 47.6 Å². The summed E-state index contributed by atoms with van der Waals surface area (Å²) in [6, 6.07) is 12.8. The number of nitrogens with two attached hydrogens (primary N) is 1. The molecule has 0 saturated carbocycles. The molecule has 30 heavy (non-hydrogen) atoms. The molecule has 1 aliphatic heterocycles. The fourth-order valence-corrected chi connectivity index (χ4v) is 3.98. The zero-order chi connectivity index (χ0) is 21.4. The Kier molecular flexibility index (Phi) is 4.92. The topological polar surface area (TPSA) is 112 Å². The van der Waals surface area contributed by atoms with Crippen molar-refractivity contribution in [3.05, 3.63) is 81.7 Å². The molecule has 0 spiro atoms. The van der Waals surface area contributed by atoms with E-state index in [9.17, 15) is 14.9 Å². The lowest BCUT2D eigenvalue weighted by molar-refractivity contribution is -0.116. The number of nitrogens with one attached hydrogen (secondary N) is 1. The lowest BCUT2D eigenvalue weighted by Gasteiger charge is -2.38. The van der Waals surface area contributed by atoms with Gasteiger partial charge in [0.15, 0.2) is 5.78 Å². The van der Waals surface area contributed by atoms with Crippen LogP contribution in [0.2, 0.25) is 0 Å². The van der Waals surface area contributed by atoms with Crippen LogP contribution in [0, 0.1) is 25.2 Å². The molecule has 2 heterocycles. The lowest BCUT2D eigenvalue weighted by Crippen LogP contribution is -2.48. The third kappa shape index (κ3) is 3.26. The van der Waals surface area contributed by atoms with Crippen molar-refractivity contribution in [3.8, 4) is 6.07 Å². The summed E-state index contributed by atoms with van der Waals surface area (Å²) in [7, 11) is 0. The van der Waals surface area contributed by atoms with Gasteiger partial charge in [0, 0.05) is 17.6 Å². The number of Topliss-reactive ketones (excluding diaryl/α,β-unsaturated/α-hetero) is 1. The van der Waals surface area contributed by atoms with E-state index in [2.05, 4.69) is 11.5 Å². The molecular formula is C23H22N4O3. The molecule has 1 aliphatic carbocycles. The first-order chi connectivity index (χ1) is 14.4. The molecular weight excluding hydrogens is 380 g/mol. The van der Waals surface area contributed by atoms with Crippen molar-refractivity contribution >= 4 is 11.7 Å². The molecule has 3 N–H and O–H groups in total. The molecule has 1 aromatic heterocycles. The summed E-state index contributed by atoms with van der Waals surface area (Å²) in [6.07, 6.45) is 1.59. The average molecular weight is 402 g/mol. The minimum atomic E-state index is -0.668. The number of carbonyl (C=O) groups excluding carboxylic acids is 2. The van der Waals surface area contributed by atoms with E-state index in [1.807, 2.05) is 19.1 Å². The minimum Gasteiger partial charge on any atom is -0.465 e. The zero-order valence-corrected chi connectivity index (χ0v) is 16.9. The molecule has 0 bridgehead atoms. The van der Waals surface area contributed by atoms with Crippen LogP contribution in [0.5, 0.6) is 0 Å². The molecule has 1 atom stereocenters. The summed E-state index contributed by atoms with van der Waals surface area (Å²) in [6.45, 7) is 3.74. The predicted molar refractivity (Wildman–Crippen MR) is 109 cm³/mol. The van der Waals surface area contributed by atoms with Crippen LogP contribution >= 0.6 is 0 Å². The first-order valence-electron chi connectivity index (χ1n) is 9.80. The predicted octanol–water partition coefficient (Wildman–Crippen LogP) is 3.34. The number of ketones is 1. The first-order valence-corrected chi connectivity index (χ1v) is 9.80. The standard InChI is InChI=1S/C23H22N4O3/c1-13-6-9-15(10-7-13)23(29)26-27-17-4-3-5-18(28)21(17)20(16(12-24)22(27)25)19-11-8-14(2)30-19/h6-11,20H,3-5,25H2,1-2H3,(H,26,29). The van der Waals surface area contributed by atoms with Crippen molar-refractivity contribution in [2.45, 2.75) is 39.0 Å². The van der Waals surface area contributed by atoms with Gasteiger partial charge in [-0.15, -0.1) is 0 Å². The lowest BCUT2D eigenvalue weighted by atomic mass is 9.78. The maximum absolute atomic E-state index is 12.9. The summed E-state index contributed by atoms with van der Waals surface area (Å²) < 4.78 is 5.76. The Balaban J connectivity index is 1.79. The molecule has 2 aliphatic rings. The fraction of sp³-hybridized carbons (Fsp3) is 0.261. The van der Waals surface area contributed by atoms with Crippen molar-refractivity contribution in [3.63, 3.8) is 0 Å². The van der Waals surface area contributed by atoms with Crippen LogP contribution in [0.25, 0.3) is 0 Å². The van der Waals surface area contributed by atoms with Gasteiger partial charge in [-0.1, -0.05) is 17.7 Å².